The highest BCUT2D eigenvalue weighted by molar-refractivity contribution is 5.87. The SMILES string of the molecule is Cc1ncnc(Oc2ccc(C(=O)O)cc2)c1F. The highest BCUT2D eigenvalue weighted by Crippen LogP contribution is 2.22. The molecule has 0 bridgehead atoms. The topological polar surface area (TPSA) is 72.3 Å². The van der Waals surface area contributed by atoms with Crippen LogP contribution in [0.15, 0.2) is 30.6 Å². The lowest BCUT2D eigenvalue weighted by Crippen LogP contribution is -1.98. The van der Waals surface area contributed by atoms with Crippen molar-refractivity contribution in [2.24, 2.45) is 0 Å². The lowest BCUT2D eigenvalue weighted by atomic mass is 10.2. The Balaban J connectivity index is 2.24. The molecule has 1 N–H and O–H groups in total. The Morgan fingerprint density at radius 1 is 1.28 bits per heavy atom. The summed E-state index contributed by atoms with van der Waals surface area (Å²) in [6.45, 7) is 1.50. The van der Waals surface area contributed by atoms with Crippen LogP contribution in [0.3, 0.4) is 0 Å². The molecule has 0 spiro atoms. The van der Waals surface area contributed by atoms with Crippen molar-refractivity contribution < 1.29 is 19.0 Å². The summed E-state index contributed by atoms with van der Waals surface area (Å²) in [4.78, 5) is 18.0. The third-order valence-electron chi connectivity index (χ3n) is 2.25. The van der Waals surface area contributed by atoms with Crippen molar-refractivity contribution in [1.82, 2.24) is 9.97 Å². The average Bonchev–Trinajstić information content (AvgIpc) is 2.36. The third-order valence-corrected chi connectivity index (χ3v) is 2.25. The standard InChI is InChI=1S/C12H9FN2O3/c1-7-10(13)11(15-6-14-7)18-9-4-2-8(3-5-9)12(16)17/h2-6H,1H3,(H,16,17). The zero-order valence-electron chi connectivity index (χ0n) is 9.42. The molecule has 6 heteroatoms. The van der Waals surface area contributed by atoms with Crippen molar-refractivity contribution in [2.45, 2.75) is 6.92 Å². The number of hydrogen-bond acceptors (Lipinski definition) is 4. The van der Waals surface area contributed by atoms with E-state index in [1.807, 2.05) is 0 Å². The van der Waals surface area contributed by atoms with Gasteiger partial charge < -0.3 is 9.84 Å². The molecule has 1 heterocycles. The highest BCUT2D eigenvalue weighted by Gasteiger charge is 2.10. The number of carbonyl (C=O) groups is 1. The van der Waals surface area contributed by atoms with Crippen molar-refractivity contribution in [1.29, 1.82) is 0 Å². The van der Waals surface area contributed by atoms with E-state index in [2.05, 4.69) is 9.97 Å². The van der Waals surface area contributed by atoms with Gasteiger partial charge in [-0.05, 0) is 31.2 Å². The zero-order chi connectivity index (χ0) is 13.1. The summed E-state index contributed by atoms with van der Waals surface area (Å²) in [5.41, 5.74) is 0.309. The van der Waals surface area contributed by atoms with Crippen LogP contribution in [0.25, 0.3) is 0 Å². The van der Waals surface area contributed by atoms with E-state index in [9.17, 15) is 9.18 Å². The van der Waals surface area contributed by atoms with Gasteiger partial charge in [0.15, 0.2) is 0 Å². The maximum Gasteiger partial charge on any atom is 0.335 e. The van der Waals surface area contributed by atoms with Crippen LogP contribution in [0.2, 0.25) is 0 Å². The Kier molecular flexibility index (Phi) is 3.18. The normalized spacial score (nSPS) is 10.1. The Labute approximate surface area is 102 Å². The fraction of sp³-hybridized carbons (Fsp3) is 0.0833. The van der Waals surface area contributed by atoms with Gasteiger partial charge in [-0.1, -0.05) is 0 Å². The van der Waals surface area contributed by atoms with Gasteiger partial charge in [0.2, 0.25) is 5.82 Å². The van der Waals surface area contributed by atoms with Crippen molar-refractivity contribution in [3.8, 4) is 11.6 Å². The van der Waals surface area contributed by atoms with E-state index in [4.69, 9.17) is 9.84 Å². The van der Waals surface area contributed by atoms with Gasteiger partial charge in [-0.2, -0.15) is 9.37 Å². The number of halogens is 1. The average molecular weight is 248 g/mol. The number of nitrogens with zero attached hydrogens (tertiary/aromatic N) is 2. The van der Waals surface area contributed by atoms with Gasteiger partial charge in [-0.15, -0.1) is 0 Å². The zero-order valence-corrected chi connectivity index (χ0v) is 9.42. The smallest absolute Gasteiger partial charge is 0.335 e. The maximum atomic E-state index is 13.6. The predicted octanol–water partition coefficient (Wildman–Crippen LogP) is 2.41. The Bertz CT molecular complexity index is 584. The van der Waals surface area contributed by atoms with Gasteiger partial charge in [0.1, 0.15) is 12.1 Å². The first-order valence-corrected chi connectivity index (χ1v) is 5.06. The lowest BCUT2D eigenvalue weighted by Gasteiger charge is -2.06. The fourth-order valence-electron chi connectivity index (χ4n) is 1.28. The summed E-state index contributed by atoms with van der Waals surface area (Å²) in [6.07, 6.45) is 1.19. The van der Waals surface area contributed by atoms with Gasteiger partial charge in [0.25, 0.3) is 5.88 Å². The second-order valence-electron chi connectivity index (χ2n) is 3.51. The summed E-state index contributed by atoms with van der Waals surface area (Å²) in [7, 11) is 0. The molecule has 1 aromatic carbocycles. The number of ether oxygens (including phenoxy) is 1. The molecule has 0 fully saturated rings. The molecule has 0 unspecified atom stereocenters. The van der Waals surface area contributed by atoms with E-state index >= 15 is 0 Å². The van der Waals surface area contributed by atoms with Crippen molar-refractivity contribution in [2.75, 3.05) is 0 Å². The van der Waals surface area contributed by atoms with Crippen LogP contribution >= 0.6 is 0 Å². The molecule has 2 rings (SSSR count). The van der Waals surface area contributed by atoms with Gasteiger partial charge in [0.05, 0.1) is 11.3 Å². The molecular weight excluding hydrogens is 239 g/mol. The summed E-state index contributed by atoms with van der Waals surface area (Å²) < 4.78 is 18.8. The van der Waals surface area contributed by atoms with Crippen LogP contribution in [-0.2, 0) is 0 Å². The summed E-state index contributed by atoms with van der Waals surface area (Å²) in [5, 5.41) is 8.72. The van der Waals surface area contributed by atoms with Crippen LogP contribution < -0.4 is 4.74 Å². The predicted molar refractivity (Wildman–Crippen MR) is 60.2 cm³/mol. The molecule has 0 aliphatic heterocycles. The second kappa shape index (κ2) is 4.79. The number of benzene rings is 1. The molecule has 2 aromatic rings. The molecule has 0 radical (unpaired) electrons. The minimum atomic E-state index is -1.04. The summed E-state index contributed by atoms with van der Waals surface area (Å²) in [6, 6.07) is 5.59. The molecule has 0 aliphatic carbocycles. The monoisotopic (exact) mass is 248 g/mol. The van der Waals surface area contributed by atoms with E-state index in [-0.39, 0.29) is 17.1 Å². The second-order valence-corrected chi connectivity index (χ2v) is 3.51. The van der Waals surface area contributed by atoms with Crippen LogP contribution in [0, 0.1) is 12.7 Å². The van der Waals surface area contributed by atoms with E-state index in [1.54, 1.807) is 0 Å². The molecule has 0 saturated heterocycles. The highest BCUT2D eigenvalue weighted by atomic mass is 19.1. The number of aromatic carboxylic acids is 1. The molecule has 0 aliphatic rings. The van der Waals surface area contributed by atoms with E-state index in [1.165, 1.54) is 37.5 Å². The van der Waals surface area contributed by atoms with Crippen LogP contribution in [0.4, 0.5) is 4.39 Å². The first-order chi connectivity index (χ1) is 8.58. The lowest BCUT2D eigenvalue weighted by molar-refractivity contribution is 0.0697. The van der Waals surface area contributed by atoms with Crippen molar-refractivity contribution in [3.63, 3.8) is 0 Å². The number of carboxylic acids is 1. The minimum absolute atomic E-state index is 0.127. The largest absolute Gasteiger partial charge is 0.478 e. The van der Waals surface area contributed by atoms with Gasteiger partial charge in [0, 0.05) is 0 Å². The van der Waals surface area contributed by atoms with Crippen LogP contribution in [0.5, 0.6) is 11.6 Å². The Hall–Kier alpha value is -2.50. The Morgan fingerprint density at radius 3 is 2.56 bits per heavy atom. The van der Waals surface area contributed by atoms with Gasteiger partial charge in [-0.25, -0.2) is 9.78 Å². The van der Waals surface area contributed by atoms with Crippen LogP contribution in [-0.4, -0.2) is 21.0 Å². The molecule has 1 aromatic heterocycles. The molecular formula is C12H9FN2O3. The first-order valence-electron chi connectivity index (χ1n) is 5.06. The fourth-order valence-corrected chi connectivity index (χ4v) is 1.28. The van der Waals surface area contributed by atoms with Crippen molar-refractivity contribution >= 4 is 5.97 Å². The first kappa shape index (κ1) is 12.0. The van der Waals surface area contributed by atoms with E-state index in [0.717, 1.165) is 0 Å². The number of aromatic nitrogens is 2. The molecule has 92 valence electrons. The molecule has 18 heavy (non-hydrogen) atoms. The maximum absolute atomic E-state index is 13.6. The van der Waals surface area contributed by atoms with E-state index < -0.39 is 11.8 Å². The van der Waals surface area contributed by atoms with E-state index in [0.29, 0.717) is 5.75 Å². The van der Waals surface area contributed by atoms with Crippen LogP contribution in [0.1, 0.15) is 16.1 Å². The van der Waals surface area contributed by atoms with Gasteiger partial charge >= 0.3 is 5.97 Å². The molecule has 0 atom stereocenters. The number of rotatable bonds is 3. The minimum Gasteiger partial charge on any atom is -0.478 e. The number of carboxylic acid groups (broad SMARTS) is 1. The van der Waals surface area contributed by atoms with Gasteiger partial charge in [-0.3, -0.25) is 0 Å². The molecule has 0 saturated carbocycles. The number of hydrogen-bond donors (Lipinski definition) is 1. The molecule has 5 nitrogen and oxygen atoms in total. The molecule has 0 amide bonds. The summed E-state index contributed by atoms with van der Waals surface area (Å²) in [5.74, 6) is -1.56. The van der Waals surface area contributed by atoms with Crippen molar-refractivity contribution in [3.05, 3.63) is 47.7 Å². The Morgan fingerprint density at radius 2 is 1.94 bits per heavy atom. The quantitative estimate of drug-likeness (QED) is 0.902. The number of aryl methyl sites for hydroxylation is 1. The third kappa shape index (κ3) is 2.42. The summed E-state index contributed by atoms with van der Waals surface area (Å²) >= 11 is 0.